The molecule has 0 saturated heterocycles. The molecule has 1 amide bonds. The van der Waals surface area contributed by atoms with E-state index >= 15 is 0 Å². The number of nitrogens with zero attached hydrogens (tertiary/aromatic N) is 1. The van der Waals surface area contributed by atoms with Crippen LogP contribution in [0.4, 0.5) is 24.5 Å². The van der Waals surface area contributed by atoms with Crippen molar-refractivity contribution in [3.63, 3.8) is 0 Å². The Labute approximate surface area is 115 Å². The number of benzene rings is 1. The van der Waals surface area contributed by atoms with Gasteiger partial charge in [0.05, 0.1) is 17.1 Å². The van der Waals surface area contributed by atoms with E-state index in [0.717, 1.165) is 0 Å². The Hall–Kier alpha value is -2.65. The van der Waals surface area contributed by atoms with Crippen molar-refractivity contribution in [2.24, 2.45) is 0 Å². The van der Waals surface area contributed by atoms with Crippen molar-refractivity contribution in [2.45, 2.75) is 13.1 Å². The summed E-state index contributed by atoms with van der Waals surface area (Å²) in [7, 11) is 0. The van der Waals surface area contributed by atoms with Crippen LogP contribution in [0.3, 0.4) is 0 Å². The van der Waals surface area contributed by atoms with E-state index in [9.17, 15) is 32.9 Å². The number of esters is 1. The van der Waals surface area contributed by atoms with Crippen molar-refractivity contribution in [1.29, 1.82) is 0 Å². The summed E-state index contributed by atoms with van der Waals surface area (Å²) in [6, 6.07) is 1.46. The average Bonchev–Trinajstić information content (AvgIpc) is 2.37. The SMILES string of the molecule is CCOC(=O)C(=O)Nc1cc(C(F)(F)F)ccc1[N+](=O)[O-]. The van der Waals surface area contributed by atoms with Crippen LogP contribution >= 0.6 is 0 Å². The number of nitro benzene ring substituents is 1. The summed E-state index contributed by atoms with van der Waals surface area (Å²) in [5, 5.41) is 12.5. The molecule has 10 heteroatoms. The fourth-order valence-electron chi connectivity index (χ4n) is 1.34. The first-order valence-electron chi connectivity index (χ1n) is 5.50. The predicted molar refractivity (Wildman–Crippen MR) is 63.4 cm³/mol. The maximum Gasteiger partial charge on any atom is 0.416 e. The predicted octanol–water partition coefficient (Wildman–Crippen LogP) is 2.12. The number of alkyl halides is 3. The monoisotopic (exact) mass is 306 g/mol. The standard InChI is InChI=1S/C11H9F3N2O5/c1-2-21-10(18)9(17)15-7-5-6(11(12,13)14)3-4-8(7)16(19)20/h3-5H,2H2,1H3,(H,15,17). The van der Waals surface area contributed by atoms with E-state index < -0.39 is 39.9 Å². The van der Waals surface area contributed by atoms with E-state index in [-0.39, 0.29) is 6.61 Å². The Morgan fingerprint density at radius 1 is 1.38 bits per heavy atom. The molecule has 0 aliphatic rings. The Bertz CT molecular complexity index is 586. The first-order chi connectivity index (χ1) is 9.66. The molecule has 0 aliphatic carbocycles. The number of hydrogen-bond donors (Lipinski definition) is 1. The normalized spacial score (nSPS) is 10.9. The molecule has 0 unspecified atom stereocenters. The van der Waals surface area contributed by atoms with Crippen LogP contribution in [-0.2, 0) is 20.5 Å². The minimum Gasteiger partial charge on any atom is -0.459 e. The zero-order chi connectivity index (χ0) is 16.2. The number of nitrogens with one attached hydrogen (secondary N) is 1. The lowest BCUT2D eigenvalue weighted by Crippen LogP contribution is -2.25. The number of nitro groups is 1. The molecule has 7 nitrogen and oxygen atoms in total. The smallest absolute Gasteiger partial charge is 0.416 e. The number of anilines is 1. The van der Waals surface area contributed by atoms with Gasteiger partial charge in [-0.25, -0.2) is 4.79 Å². The van der Waals surface area contributed by atoms with Gasteiger partial charge in [0.2, 0.25) is 0 Å². The lowest BCUT2D eigenvalue weighted by atomic mass is 10.1. The highest BCUT2D eigenvalue weighted by molar-refractivity contribution is 6.37. The van der Waals surface area contributed by atoms with Gasteiger partial charge in [0.25, 0.3) is 5.69 Å². The van der Waals surface area contributed by atoms with Gasteiger partial charge in [0.15, 0.2) is 0 Å². The van der Waals surface area contributed by atoms with Crippen LogP contribution in [0.25, 0.3) is 0 Å². The third-order valence-electron chi connectivity index (χ3n) is 2.23. The largest absolute Gasteiger partial charge is 0.459 e. The van der Waals surface area contributed by atoms with Gasteiger partial charge in [-0.15, -0.1) is 0 Å². The van der Waals surface area contributed by atoms with Gasteiger partial charge in [-0.05, 0) is 19.1 Å². The fraction of sp³-hybridized carbons (Fsp3) is 0.273. The second kappa shape index (κ2) is 6.20. The van der Waals surface area contributed by atoms with Gasteiger partial charge >= 0.3 is 18.1 Å². The Morgan fingerprint density at radius 3 is 2.48 bits per heavy atom. The van der Waals surface area contributed by atoms with Gasteiger partial charge in [-0.3, -0.25) is 14.9 Å². The lowest BCUT2D eigenvalue weighted by molar-refractivity contribution is -0.384. The van der Waals surface area contributed by atoms with Crippen molar-refractivity contribution in [1.82, 2.24) is 0 Å². The maximum atomic E-state index is 12.5. The highest BCUT2D eigenvalue weighted by atomic mass is 19.4. The second-order valence-corrected chi connectivity index (χ2v) is 3.66. The summed E-state index contributed by atoms with van der Waals surface area (Å²) in [5.74, 6) is -2.76. The van der Waals surface area contributed by atoms with Crippen LogP contribution in [0.2, 0.25) is 0 Å². The number of halogens is 3. The van der Waals surface area contributed by atoms with Crippen LogP contribution in [-0.4, -0.2) is 23.4 Å². The number of carbonyl (C=O) groups is 2. The fourth-order valence-corrected chi connectivity index (χ4v) is 1.34. The Morgan fingerprint density at radius 2 is 2.00 bits per heavy atom. The lowest BCUT2D eigenvalue weighted by Gasteiger charge is -2.10. The minimum atomic E-state index is -4.75. The molecule has 0 fully saturated rings. The number of rotatable bonds is 3. The Balaban J connectivity index is 3.16. The number of ether oxygens (including phenoxy) is 1. The molecule has 1 N–H and O–H groups in total. The molecule has 114 valence electrons. The van der Waals surface area contributed by atoms with E-state index in [4.69, 9.17) is 0 Å². The average molecular weight is 306 g/mol. The van der Waals surface area contributed by atoms with E-state index in [1.807, 2.05) is 0 Å². The van der Waals surface area contributed by atoms with Gasteiger partial charge in [-0.1, -0.05) is 0 Å². The second-order valence-electron chi connectivity index (χ2n) is 3.66. The highest BCUT2D eigenvalue weighted by Crippen LogP contribution is 2.34. The molecule has 0 heterocycles. The summed E-state index contributed by atoms with van der Waals surface area (Å²) < 4.78 is 42.0. The van der Waals surface area contributed by atoms with Crippen LogP contribution in [0.1, 0.15) is 12.5 Å². The zero-order valence-electron chi connectivity index (χ0n) is 10.6. The molecule has 1 rings (SSSR count). The molecular formula is C11H9F3N2O5. The van der Waals surface area contributed by atoms with Crippen molar-refractivity contribution < 1.29 is 32.4 Å². The van der Waals surface area contributed by atoms with Gasteiger partial charge < -0.3 is 10.1 Å². The van der Waals surface area contributed by atoms with E-state index in [0.29, 0.717) is 18.2 Å². The topological polar surface area (TPSA) is 98.5 Å². The minimum absolute atomic E-state index is 0.128. The Kier molecular flexibility index (Phi) is 4.84. The number of amides is 1. The van der Waals surface area contributed by atoms with Crippen LogP contribution < -0.4 is 5.32 Å². The quantitative estimate of drug-likeness (QED) is 0.399. The summed E-state index contributed by atoms with van der Waals surface area (Å²) in [6.45, 7) is 1.29. The zero-order valence-corrected chi connectivity index (χ0v) is 10.6. The van der Waals surface area contributed by atoms with Crippen molar-refractivity contribution in [2.75, 3.05) is 11.9 Å². The molecule has 0 aliphatic heterocycles. The molecule has 0 radical (unpaired) electrons. The highest BCUT2D eigenvalue weighted by Gasteiger charge is 2.33. The first kappa shape index (κ1) is 16.4. The van der Waals surface area contributed by atoms with Crippen LogP contribution in [0.15, 0.2) is 18.2 Å². The van der Waals surface area contributed by atoms with Gasteiger partial charge in [0, 0.05) is 6.07 Å². The number of carbonyl (C=O) groups excluding carboxylic acids is 2. The first-order valence-corrected chi connectivity index (χ1v) is 5.50. The summed E-state index contributed by atoms with van der Waals surface area (Å²) in [5.41, 5.74) is -2.72. The van der Waals surface area contributed by atoms with Crippen LogP contribution in [0, 0.1) is 10.1 Å². The van der Waals surface area contributed by atoms with Gasteiger partial charge in [-0.2, -0.15) is 13.2 Å². The van der Waals surface area contributed by atoms with Crippen molar-refractivity contribution >= 4 is 23.3 Å². The summed E-state index contributed by atoms with van der Waals surface area (Å²) in [4.78, 5) is 32.2. The third-order valence-corrected chi connectivity index (χ3v) is 2.23. The molecule has 0 saturated carbocycles. The molecular weight excluding hydrogens is 297 g/mol. The van der Waals surface area contributed by atoms with Gasteiger partial charge in [0.1, 0.15) is 5.69 Å². The van der Waals surface area contributed by atoms with Crippen molar-refractivity contribution in [3.8, 4) is 0 Å². The molecule has 0 atom stereocenters. The van der Waals surface area contributed by atoms with Crippen molar-refractivity contribution in [3.05, 3.63) is 33.9 Å². The summed E-state index contributed by atoms with van der Waals surface area (Å²) in [6.07, 6.45) is -4.75. The van der Waals surface area contributed by atoms with Crippen LogP contribution in [0.5, 0.6) is 0 Å². The van der Waals surface area contributed by atoms with E-state index in [1.165, 1.54) is 6.92 Å². The third kappa shape index (κ3) is 4.16. The molecule has 0 aromatic heterocycles. The molecule has 21 heavy (non-hydrogen) atoms. The molecule has 1 aromatic rings. The maximum absolute atomic E-state index is 12.5. The molecule has 0 bridgehead atoms. The molecule has 1 aromatic carbocycles. The summed E-state index contributed by atoms with van der Waals surface area (Å²) >= 11 is 0. The number of hydrogen-bond acceptors (Lipinski definition) is 5. The van der Waals surface area contributed by atoms with E-state index in [1.54, 1.807) is 5.32 Å². The molecule has 0 spiro atoms. The van der Waals surface area contributed by atoms with E-state index in [2.05, 4.69) is 4.74 Å².